The maximum absolute atomic E-state index is 12.6. The predicted molar refractivity (Wildman–Crippen MR) is 100 cm³/mol. The van der Waals surface area contributed by atoms with E-state index < -0.39 is 17.7 Å². The van der Waals surface area contributed by atoms with Gasteiger partial charge < -0.3 is 14.8 Å². The van der Waals surface area contributed by atoms with Crippen LogP contribution in [0.2, 0.25) is 0 Å². The summed E-state index contributed by atoms with van der Waals surface area (Å²) in [7, 11) is 0. The van der Waals surface area contributed by atoms with E-state index in [0.29, 0.717) is 6.42 Å². The lowest BCUT2D eigenvalue weighted by atomic mass is 10.1. The Labute approximate surface area is 160 Å². The summed E-state index contributed by atoms with van der Waals surface area (Å²) in [6.07, 6.45) is -0.481. The van der Waals surface area contributed by atoms with Crippen molar-refractivity contribution in [2.24, 2.45) is 0 Å². The fourth-order valence-electron chi connectivity index (χ4n) is 2.96. The number of benzene rings is 1. The highest BCUT2D eigenvalue weighted by Gasteiger charge is 2.42. The fraction of sp³-hybridized carbons (Fsp3) is 0.550. The Balaban J connectivity index is 2.04. The zero-order chi connectivity index (χ0) is 20.0. The van der Waals surface area contributed by atoms with Crippen LogP contribution in [0.25, 0.3) is 0 Å². The van der Waals surface area contributed by atoms with Gasteiger partial charge in [-0.1, -0.05) is 30.3 Å². The molecule has 1 fully saturated rings. The van der Waals surface area contributed by atoms with Gasteiger partial charge in [-0.3, -0.25) is 14.5 Å². The first kappa shape index (κ1) is 20.9. The molecule has 2 unspecified atom stereocenters. The number of ketones is 1. The Morgan fingerprint density at radius 2 is 1.85 bits per heavy atom. The van der Waals surface area contributed by atoms with Gasteiger partial charge in [0.15, 0.2) is 0 Å². The lowest BCUT2D eigenvalue weighted by Gasteiger charge is -2.25. The largest absolute Gasteiger partial charge is 0.445 e. The number of likely N-dealkylation sites (tertiary alicyclic amines) is 1. The normalized spacial score (nSPS) is 19.6. The molecule has 1 aromatic rings. The highest BCUT2D eigenvalue weighted by Crippen LogP contribution is 2.25. The first-order valence-electron chi connectivity index (χ1n) is 9.08. The Hall–Kier alpha value is -2.41. The van der Waals surface area contributed by atoms with Crippen LogP contribution in [-0.2, 0) is 25.7 Å². The lowest BCUT2D eigenvalue weighted by Crippen LogP contribution is -2.47. The molecule has 0 aromatic heterocycles. The molecule has 2 amide bonds. The first-order valence-corrected chi connectivity index (χ1v) is 9.08. The number of nitrogens with zero attached hydrogens (tertiary/aromatic N) is 1. The Morgan fingerprint density at radius 3 is 2.44 bits per heavy atom. The fourth-order valence-corrected chi connectivity index (χ4v) is 2.96. The van der Waals surface area contributed by atoms with E-state index >= 15 is 0 Å². The SMILES string of the molecule is CC(=O)CNC(=O)C1CC(OC(C)(C)C)CN1C(=O)OCc1ccccc1. The average Bonchev–Trinajstić information content (AvgIpc) is 3.00. The van der Waals surface area contributed by atoms with Crippen molar-refractivity contribution in [3.63, 3.8) is 0 Å². The van der Waals surface area contributed by atoms with Crippen molar-refractivity contribution in [1.29, 1.82) is 0 Å². The third-order valence-corrected chi connectivity index (χ3v) is 4.04. The van der Waals surface area contributed by atoms with Gasteiger partial charge in [-0.2, -0.15) is 0 Å². The smallest absolute Gasteiger partial charge is 0.410 e. The molecule has 0 aliphatic carbocycles. The van der Waals surface area contributed by atoms with E-state index in [4.69, 9.17) is 9.47 Å². The Morgan fingerprint density at radius 1 is 1.19 bits per heavy atom. The van der Waals surface area contributed by atoms with E-state index in [1.807, 2.05) is 51.1 Å². The molecule has 7 nitrogen and oxygen atoms in total. The predicted octanol–water partition coefficient (Wildman–Crippen LogP) is 2.29. The molecule has 1 aromatic carbocycles. The van der Waals surface area contributed by atoms with Crippen molar-refractivity contribution in [2.75, 3.05) is 13.1 Å². The van der Waals surface area contributed by atoms with E-state index in [1.54, 1.807) is 0 Å². The highest BCUT2D eigenvalue weighted by molar-refractivity contribution is 5.89. The van der Waals surface area contributed by atoms with Crippen LogP contribution in [0.15, 0.2) is 30.3 Å². The van der Waals surface area contributed by atoms with Crippen LogP contribution < -0.4 is 5.32 Å². The molecule has 7 heteroatoms. The summed E-state index contributed by atoms with van der Waals surface area (Å²) in [5.41, 5.74) is 0.472. The van der Waals surface area contributed by atoms with E-state index in [0.717, 1.165) is 5.56 Å². The second-order valence-electron chi connectivity index (χ2n) is 7.72. The molecule has 0 radical (unpaired) electrons. The lowest BCUT2D eigenvalue weighted by molar-refractivity contribution is -0.127. The van der Waals surface area contributed by atoms with Crippen molar-refractivity contribution in [1.82, 2.24) is 10.2 Å². The van der Waals surface area contributed by atoms with E-state index in [1.165, 1.54) is 11.8 Å². The third kappa shape index (κ3) is 6.67. The van der Waals surface area contributed by atoms with Crippen molar-refractivity contribution in [3.05, 3.63) is 35.9 Å². The number of amides is 2. The number of Topliss-reactive ketones (excluding diaryl/α,β-unsaturated/α-hetero) is 1. The van der Waals surface area contributed by atoms with Gasteiger partial charge in [0.2, 0.25) is 5.91 Å². The third-order valence-electron chi connectivity index (χ3n) is 4.04. The molecule has 148 valence electrons. The van der Waals surface area contributed by atoms with Crippen LogP contribution in [-0.4, -0.2) is 53.5 Å². The van der Waals surface area contributed by atoms with Gasteiger partial charge >= 0.3 is 6.09 Å². The van der Waals surface area contributed by atoms with Crippen molar-refractivity contribution >= 4 is 17.8 Å². The van der Waals surface area contributed by atoms with E-state index in [9.17, 15) is 14.4 Å². The van der Waals surface area contributed by atoms with Crippen LogP contribution in [0.1, 0.15) is 39.7 Å². The molecule has 1 aliphatic rings. The maximum Gasteiger partial charge on any atom is 0.410 e. The van der Waals surface area contributed by atoms with Gasteiger partial charge in [0.1, 0.15) is 18.4 Å². The maximum atomic E-state index is 12.6. The van der Waals surface area contributed by atoms with Crippen LogP contribution in [0.3, 0.4) is 0 Å². The minimum atomic E-state index is -0.722. The molecule has 1 saturated heterocycles. The van der Waals surface area contributed by atoms with Crippen molar-refractivity contribution < 1.29 is 23.9 Å². The van der Waals surface area contributed by atoms with E-state index in [-0.39, 0.29) is 37.5 Å². The zero-order valence-corrected chi connectivity index (χ0v) is 16.4. The molecule has 0 bridgehead atoms. The summed E-state index contributed by atoms with van der Waals surface area (Å²) in [6.45, 7) is 7.50. The molecule has 2 rings (SSSR count). The Kier molecular flexibility index (Phi) is 6.96. The molecular formula is C20H28N2O5. The number of hydrogen-bond acceptors (Lipinski definition) is 5. The van der Waals surface area contributed by atoms with Crippen LogP contribution in [0, 0.1) is 0 Å². The number of rotatable bonds is 6. The molecule has 2 atom stereocenters. The monoisotopic (exact) mass is 376 g/mol. The topological polar surface area (TPSA) is 84.9 Å². The summed E-state index contributed by atoms with van der Waals surface area (Å²) >= 11 is 0. The van der Waals surface area contributed by atoms with Gasteiger partial charge in [0, 0.05) is 6.42 Å². The van der Waals surface area contributed by atoms with Gasteiger partial charge in [-0.25, -0.2) is 4.79 Å². The number of nitrogens with one attached hydrogen (secondary N) is 1. The van der Waals surface area contributed by atoms with Crippen molar-refractivity contribution in [2.45, 2.75) is 58.5 Å². The van der Waals surface area contributed by atoms with Crippen LogP contribution in [0.5, 0.6) is 0 Å². The van der Waals surface area contributed by atoms with Gasteiger partial charge in [-0.15, -0.1) is 0 Å². The minimum Gasteiger partial charge on any atom is -0.445 e. The second kappa shape index (κ2) is 8.99. The molecule has 1 heterocycles. The second-order valence-corrected chi connectivity index (χ2v) is 7.72. The number of carbonyl (C=O) groups excluding carboxylic acids is 3. The number of ether oxygens (including phenoxy) is 2. The quantitative estimate of drug-likeness (QED) is 0.823. The van der Waals surface area contributed by atoms with Crippen molar-refractivity contribution in [3.8, 4) is 0 Å². The van der Waals surface area contributed by atoms with Gasteiger partial charge in [0.25, 0.3) is 0 Å². The van der Waals surface area contributed by atoms with Crippen LogP contribution >= 0.6 is 0 Å². The minimum absolute atomic E-state index is 0.0625. The summed E-state index contributed by atoms with van der Waals surface area (Å²) < 4.78 is 11.3. The summed E-state index contributed by atoms with van der Waals surface area (Å²) in [5.74, 6) is -0.524. The van der Waals surface area contributed by atoms with E-state index in [2.05, 4.69) is 5.32 Å². The van der Waals surface area contributed by atoms with Crippen LogP contribution in [0.4, 0.5) is 4.79 Å². The summed E-state index contributed by atoms with van der Waals surface area (Å²) in [6, 6.07) is 8.61. The van der Waals surface area contributed by atoms with Gasteiger partial charge in [0.05, 0.1) is 24.8 Å². The molecule has 0 saturated carbocycles. The summed E-state index contributed by atoms with van der Waals surface area (Å²) in [4.78, 5) is 37.6. The zero-order valence-electron chi connectivity index (χ0n) is 16.4. The molecule has 1 N–H and O–H groups in total. The van der Waals surface area contributed by atoms with Gasteiger partial charge in [-0.05, 0) is 33.3 Å². The average molecular weight is 376 g/mol. The number of carbonyl (C=O) groups is 3. The standard InChI is InChI=1S/C20H28N2O5/c1-14(23)11-21-18(24)17-10-16(27-20(2,3)4)12-22(17)19(25)26-13-15-8-6-5-7-9-15/h5-9,16-17H,10-13H2,1-4H3,(H,21,24). The first-order chi connectivity index (χ1) is 12.7. The Bertz CT molecular complexity index is 669. The molecule has 27 heavy (non-hydrogen) atoms. The molecule has 1 aliphatic heterocycles. The number of hydrogen-bond donors (Lipinski definition) is 1. The molecule has 0 spiro atoms. The summed E-state index contributed by atoms with van der Waals surface area (Å²) in [5, 5.41) is 2.57. The molecular weight excluding hydrogens is 348 g/mol. The highest BCUT2D eigenvalue weighted by atomic mass is 16.6.